The van der Waals surface area contributed by atoms with Gasteiger partial charge in [-0.1, -0.05) is 29.3 Å². The topological polar surface area (TPSA) is 35.0 Å². The van der Waals surface area contributed by atoms with Crippen LogP contribution in [0.5, 0.6) is 5.75 Å². The molecule has 0 N–H and O–H groups in total. The molecule has 2 rings (SSSR count). The second kappa shape index (κ2) is 4.68. The second-order valence-corrected chi connectivity index (χ2v) is 3.78. The summed E-state index contributed by atoms with van der Waals surface area (Å²) in [6.07, 6.45) is 3.08. The van der Waals surface area contributed by atoms with Crippen molar-refractivity contribution < 1.29 is 4.74 Å². The van der Waals surface area contributed by atoms with Gasteiger partial charge in [0.25, 0.3) is 0 Å². The van der Waals surface area contributed by atoms with E-state index in [1.54, 1.807) is 31.5 Å². The number of hydrogen-bond acceptors (Lipinski definition) is 3. The molecular weight excluding hydrogens is 247 g/mol. The Bertz CT molecular complexity index is 517. The van der Waals surface area contributed by atoms with Crippen LogP contribution in [-0.2, 0) is 0 Å². The Morgan fingerprint density at radius 2 is 1.88 bits per heavy atom. The number of hydrogen-bond donors (Lipinski definition) is 0. The Balaban J connectivity index is 2.68. The number of methoxy groups -OCH3 is 1. The fourth-order valence-electron chi connectivity index (χ4n) is 1.39. The Labute approximate surface area is 103 Å². The van der Waals surface area contributed by atoms with Crippen molar-refractivity contribution in [1.29, 1.82) is 0 Å². The number of rotatable bonds is 2. The summed E-state index contributed by atoms with van der Waals surface area (Å²) in [6.45, 7) is 0. The van der Waals surface area contributed by atoms with Gasteiger partial charge in [0.1, 0.15) is 11.4 Å². The predicted octanol–water partition coefficient (Wildman–Crippen LogP) is 3.46. The van der Waals surface area contributed by atoms with E-state index in [9.17, 15) is 0 Å². The molecule has 3 nitrogen and oxygen atoms in total. The molecule has 2 aromatic rings. The molecule has 0 fully saturated rings. The standard InChI is InChI=1S/C11H8Cl2N2O/c1-16-8-4-2-3-7(12)9(8)10-11(13)15-6-5-14-10/h2-6H,1H3. The Morgan fingerprint density at radius 3 is 2.56 bits per heavy atom. The van der Waals surface area contributed by atoms with Crippen LogP contribution < -0.4 is 4.74 Å². The zero-order valence-electron chi connectivity index (χ0n) is 8.45. The van der Waals surface area contributed by atoms with Crippen LogP contribution >= 0.6 is 23.2 Å². The minimum atomic E-state index is 0.300. The van der Waals surface area contributed by atoms with Crippen molar-refractivity contribution in [3.05, 3.63) is 40.8 Å². The molecule has 0 saturated heterocycles. The molecule has 16 heavy (non-hydrogen) atoms. The number of ether oxygens (including phenoxy) is 1. The average Bonchev–Trinajstić information content (AvgIpc) is 2.30. The molecule has 0 spiro atoms. The normalized spacial score (nSPS) is 10.2. The van der Waals surface area contributed by atoms with Crippen LogP contribution in [0.3, 0.4) is 0 Å². The summed E-state index contributed by atoms with van der Waals surface area (Å²) in [7, 11) is 1.57. The zero-order valence-corrected chi connectivity index (χ0v) is 9.96. The highest BCUT2D eigenvalue weighted by Gasteiger charge is 2.14. The van der Waals surface area contributed by atoms with E-state index in [-0.39, 0.29) is 0 Å². The molecule has 0 atom stereocenters. The lowest BCUT2D eigenvalue weighted by Gasteiger charge is -2.09. The Kier molecular flexibility index (Phi) is 3.27. The lowest BCUT2D eigenvalue weighted by atomic mass is 10.1. The Morgan fingerprint density at radius 1 is 1.12 bits per heavy atom. The molecular formula is C11H8Cl2N2O. The van der Waals surface area contributed by atoms with Crippen LogP contribution in [0.1, 0.15) is 0 Å². The monoisotopic (exact) mass is 254 g/mol. The fraction of sp³-hybridized carbons (Fsp3) is 0.0909. The largest absolute Gasteiger partial charge is 0.496 e. The lowest BCUT2D eigenvalue weighted by Crippen LogP contribution is -1.93. The van der Waals surface area contributed by atoms with E-state index in [4.69, 9.17) is 27.9 Å². The van der Waals surface area contributed by atoms with Crippen molar-refractivity contribution >= 4 is 23.2 Å². The van der Waals surface area contributed by atoms with Crippen LogP contribution in [0.4, 0.5) is 0 Å². The van der Waals surface area contributed by atoms with Crippen LogP contribution in [0.25, 0.3) is 11.3 Å². The van der Waals surface area contributed by atoms with Crippen LogP contribution in [0, 0.1) is 0 Å². The van der Waals surface area contributed by atoms with Crippen molar-refractivity contribution in [1.82, 2.24) is 9.97 Å². The maximum absolute atomic E-state index is 6.11. The first kappa shape index (κ1) is 11.2. The highest BCUT2D eigenvalue weighted by atomic mass is 35.5. The van der Waals surface area contributed by atoms with Crippen molar-refractivity contribution in [2.75, 3.05) is 7.11 Å². The third-order valence-electron chi connectivity index (χ3n) is 2.09. The fourth-order valence-corrected chi connectivity index (χ4v) is 1.85. The summed E-state index contributed by atoms with van der Waals surface area (Å²) in [5.41, 5.74) is 1.18. The summed E-state index contributed by atoms with van der Waals surface area (Å²) in [5, 5.41) is 0.829. The maximum Gasteiger partial charge on any atom is 0.155 e. The highest BCUT2D eigenvalue weighted by Crippen LogP contribution is 2.37. The van der Waals surface area contributed by atoms with Gasteiger partial charge in [0.15, 0.2) is 5.15 Å². The molecule has 1 aromatic carbocycles. The first-order chi connectivity index (χ1) is 7.74. The molecule has 0 bridgehead atoms. The van der Waals surface area contributed by atoms with Crippen molar-refractivity contribution in [3.8, 4) is 17.0 Å². The molecule has 0 amide bonds. The Hall–Kier alpha value is -1.32. The molecule has 0 unspecified atom stereocenters. The van der Waals surface area contributed by atoms with Crippen molar-refractivity contribution in [3.63, 3.8) is 0 Å². The summed E-state index contributed by atoms with van der Waals surface area (Å²) in [6, 6.07) is 5.35. The zero-order chi connectivity index (χ0) is 11.5. The molecule has 0 aliphatic carbocycles. The van der Waals surface area contributed by atoms with E-state index in [2.05, 4.69) is 9.97 Å². The van der Waals surface area contributed by atoms with E-state index in [0.29, 0.717) is 27.2 Å². The quantitative estimate of drug-likeness (QED) is 0.824. The summed E-state index contributed by atoms with van der Waals surface area (Å²) in [4.78, 5) is 8.12. The first-order valence-corrected chi connectivity index (χ1v) is 5.29. The molecule has 5 heteroatoms. The van der Waals surface area contributed by atoms with Gasteiger partial charge >= 0.3 is 0 Å². The second-order valence-electron chi connectivity index (χ2n) is 3.01. The van der Waals surface area contributed by atoms with E-state index in [0.717, 1.165) is 0 Å². The van der Waals surface area contributed by atoms with Gasteiger partial charge in [0.2, 0.25) is 0 Å². The lowest BCUT2D eigenvalue weighted by molar-refractivity contribution is 0.416. The van der Waals surface area contributed by atoms with Crippen LogP contribution in [0.2, 0.25) is 10.2 Å². The number of benzene rings is 1. The maximum atomic E-state index is 6.11. The van der Waals surface area contributed by atoms with E-state index in [1.165, 1.54) is 6.20 Å². The van der Waals surface area contributed by atoms with Gasteiger partial charge < -0.3 is 4.74 Å². The van der Waals surface area contributed by atoms with Crippen molar-refractivity contribution in [2.24, 2.45) is 0 Å². The van der Waals surface area contributed by atoms with Gasteiger partial charge in [-0.25, -0.2) is 4.98 Å². The SMILES string of the molecule is COc1cccc(Cl)c1-c1nccnc1Cl. The average molecular weight is 255 g/mol. The van der Waals surface area contributed by atoms with E-state index >= 15 is 0 Å². The smallest absolute Gasteiger partial charge is 0.155 e. The molecule has 1 aromatic heterocycles. The van der Waals surface area contributed by atoms with E-state index in [1.807, 2.05) is 0 Å². The van der Waals surface area contributed by atoms with Gasteiger partial charge in [-0.15, -0.1) is 0 Å². The van der Waals surface area contributed by atoms with Gasteiger partial charge in [0.05, 0.1) is 17.7 Å². The summed E-state index contributed by atoms with van der Waals surface area (Å²) in [5.74, 6) is 0.620. The molecule has 0 aliphatic heterocycles. The molecule has 0 saturated carbocycles. The van der Waals surface area contributed by atoms with Crippen molar-refractivity contribution in [2.45, 2.75) is 0 Å². The third kappa shape index (κ3) is 1.96. The van der Waals surface area contributed by atoms with Gasteiger partial charge in [-0.3, -0.25) is 4.98 Å². The molecule has 0 radical (unpaired) electrons. The summed E-state index contributed by atoms with van der Waals surface area (Å²) < 4.78 is 5.22. The number of aromatic nitrogens is 2. The van der Waals surface area contributed by atoms with Crippen LogP contribution in [0.15, 0.2) is 30.6 Å². The third-order valence-corrected chi connectivity index (χ3v) is 2.68. The van der Waals surface area contributed by atoms with Crippen LogP contribution in [-0.4, -0.2) is 17.1 Å². The summed E-state index contributed by atoms with van der Waals surface area (Å²) >= 11 is 12.1. The van der Waals surface area contributed by atoms with Gasteiger partial charge in [-0.2, -0.15) is 0 Å². The minimum absolute atomic E-state index is 0.300. The van der Waals surface area contributed by atoms with E-state index < -0.39 is 0 Å². The predicted molar refractivity (Wildman–Crippen MR) is 64.0 cm³/mol. The number of halogens is 2. The number of nitrogens with zero attached hydrogens (tertiary/aromatic N) is 2. The first-order valence-electron chi connectivity index (χ1n) is 4.53. The molecule has 0 aliphatic rings. The molecule has 1 heterocycles. The highest BCUT2D eigenvalue weighted by molar-refractivity contribution is 6.36. The van der Waals surface area contributed by atoms with Gasteiger partial charge in [0, 0.05) is 12.4 Å². The van der Waals surface area contributed by atoms with Gasteiger partial charge in [-0.05, 0) is 12.1 Å². The molecule has 82 valence electrons. The minimum Gasteiger partial charge on any atom is -0.496 e.